The topological polar surface area (TPSA) is 71.4 Å². The standard InChI is InChI=1S/C7H3BrClFO4S/c8-3-1-4(7(11)12)6(5(10)2-3)15(9,13)14/h1-2H,(H,11,12). The summed E-state index contributed by atoms with van der Waals surface area (Å²) in [5, 5.41) is 8.67. The molecule has 0 saturated heterocycles. The monoisotopic (exact) mass is 316 g/mol. The van der Waals surface area contributed by atoms with Gasteiger partial charge in [-0.15, -0.1) is 0 Å². The highest BCUT2D eigenvalue weighted by Crippen LogP contribution is 2.27. The van der Waals surface area contributed by atoms with Crippen LogP contribution < -0.4 is 0 Å². The van der Waals surface area contributed by atoms with Crippen molar-refractivity contribution >= 4 is 41.6 Å². The number of hydrogen-bond acceptors (Lipinski definition) is 3. The zero-order valence-electron chi connectivity index (χ0n) is 6.87. The molecule has 0 aliphatic heterocycles. The molecule has 1 N–H and O–H groups in total. The van der Waals surface area contributed by atoms with Gasteiger partial charge in [0.2, 0.25) is 0 Å². The van der Waals surface area contributed by atoms with E-state index in [0.29, 0.717) is 0 Å². The second-order valence-corrected chi connectivity index (χ2v) is 5.93. The highest BCUT2D eigenvalue weighted by molar-refractivity contribution is 9.10. The lowest BCUT2D eigenvalue weighted by atomic mass is 10.2. The van der Waals surface area contributed by atoms with Crippen LogP contribution in [-0.2, 0) is 9.05 Å². The minimum atomic E-state index is -4.43. The summed E-state index contributed by atoms with van der Waals surface area (Å²) < 4.78 is 35.2. The van der Waals surface area contributed by atoms with Gasteiger partial charge in [-0.2, -0.15) is 0 Å². The van der Waals surface area contributed by atoms with Crippen LogP contribution in [0.15, 0.2) is 21.5 Å². The molecule has 0 amide bonds. The van der Waals surface area contributed by atoms with E-state index in [1.165, 1.54) is 0 Å². The summed E-state index contributed by atoms with van der Waals surface area (Å²) in [4.78, 5) is 9.63. The number of carbonyl (C=O) groups is 1. The minimum Gasteiger partial charge on any atom is -0.478 e. The van der Waals surface area contributed by atoms with Crippen molar-refractivity contribution in [2.75, 3.05) is 0 Å². The zero-order chi connectivity index (χ0) is 11.8. The predicted octanol–water partition coefficient (Wildman–Crippen LogP) is 2.21. The van der Waals surface area contributed by atoms with Crippen LogP contribution in [0, 0.1) is 5.82 Å². The quantitative estimate of drug-likeness (QED) is 0.849. The molecule has 0 radical (unpaired) electrons. The van der Waals surface area contributed by atoms with Gasteiger partial charge in [0.25, 0.3) is 9.05 Å². The van der Waals surface area contributed by atoms with E-state index in [9.17, 15) is 17.6 Å². The van der Waals surface area contributed by atoms with Crippen LogP contribution in [0.5, 0.6) is 0 Å². The van der Waals surface area contributed by atoms with Gasteiger partial charge in [-0.25, -0.2) is 17.6 Å². The molecule has 82 valence electrons. The van der Waals surface area contributed by atoms with E-state index < -0.39 is 31.3 Å². The van der Waals surface area contributed by atoms with E-state index in [2.05, 4.69) is 15.9 Å². The summed E-state index contributed by atoms with van der Waals surface area (Å²) in [5.74, 6) is -2.79. The van der Waals surface area contributed by atoms with Crippen LogP contribution >= 0.6 is 26.6 Å². The molecule has 1 aromatic carbocycles. The van der Waals surface area contributed by atoms with Gasteiger partial charge in [0.15, 0.2) is 0 Å². The molecule has 0 heterocycles. The van der Waals surface area contributed by atoms with Crippen molar-refractivity contribution in [1.29, 1.82) is 0 Å². The number of benzene rings is 1. The second kappa shape index (κ2) is 4.07. The van der Waals surface area contributed by atoms with Gasteiger partial charge in [0, 0.05) is 15.2 Å². The third-order valence-corrected chi connectivity index (χ3v) is 3.31. The molecule has 8 heteroatoms. The maximum absolute atomic E-state index is 13.2. The Kier molecular flexibility index (Phi) is 3.37. The fourth-order valence-corrected chi connectivity index (χ4v) is 2.57. The van der Waals surface area contributed by atoms with Gasteiger partial charge in [-0.05, 0) is 12.1 Å². The average molecular weight is 318 g/mol. The summed E-state index contributed by atoms with van der Waals surface area (Å²) in [6.45, 7) is 0. The van der Waals surface area contributed by atoms with Crippen molar-refractivity contribution in [3.05, 3.63) is 28.0 Å². The largest absolute Gasteiger partial charge is 0.478 e. The van der Waals surface area contributed by atoms with Gasteiger partial charge in [0.05, 0.1) is 5.56 Å². The molecule has 0 aliphatic rings. The maximum Gasteiger partial charge on any atom is 0.337 e. The van der Waals surface area contributed by atoms with E-state index in [0.717, 1.165) is 12.1 Å². The molecule has 15 heavy (non-hydrogen) atoms. The Morgan fingerprint density at radius 3 is 2.40 bits per heavy atom. The molecule has 0 unspecified atom stereocenters. The molecule has 0 fully saturated rings. The van der Waals surface area contributed by atoms with E-state index in [4.69, 9.17) is 15.8 Å². The molecule has 4 nitrogen and oxygen atoms in total. The van der Waals surface area contributed by atoms with E-state index in [-0.39, 0.29) is 4.47 Å². The highest BCUT2D eigenvalue weighted by Gasteiger charge is 2.25. The van der Waals surface area contributed by atoms with Crippen molar-refractivity contribution in [2.24, 2.45) is 0 Å². The number of aromatic carboxylic acids is 1. The molecule has 1 aromatic rings. The van der Waals surface area contributed by atoms with Crippen LogP contribution in [-0.4, -0.2) is 19.5 Å². The fraction of sp³-hybridized carbons (Fsp3) is 0. The third kappa shape index (κ3) is 2.67. The zero-order valence-corrected chi connectivity index (χ0v) is 10.0. The van der Waals surface area contributed by atoms with E-state index in [1.54, 1.807) is 0 Å². The summed E-state index contributed by atoms with van der Waals surface area (Å²) in [5.41, 5.74) is -0.711. The number of rotatable bonds is 2. The van der Waals surface area contributed by atoms with Crippen molar-refractivity contribution in [1.82, 2.24) is 0 Å². The fourth-order valence-electron chi connectivity index (χ4n) is 0.967. The molecule has 0 aromatic heterocycles. The first-order valence-electron chi connectivity index (χ1n) is 3.40. The normalized spacial score (nSPS) is 11.4. The Labute approximate surface area is 97.2 Å². The lowest BCUT2D eigenvalue weighted by Crippen LogP contribution is -2.07. The summed E-state index contributed by atoms with van der Waals surface area (Å²) >= 11 is 2.84. The van der Waals surface area contributed by atoms with Crippen molar-refractivity contribution < 1.29 is 22.7 Å². The third-order valence-electron chi connectivity index (χ3n) is 1.48. The van der Waals surface area contributed by atoms with Crippen LogP contribution in [0.4, 0.5) is 4.39 Å². The Hall–Kier alpha value is -0.660. The number of carboxylic acids is 1. The molecule has 0 bridgehead atoms. The molecular weight excluding hydrogens is 314 g/mol. The van der Waals surface area contributed by atoms with Gasteiger partial charge < -0.3 is 5.11 Å². The molecule has 0 spiro atoms. The lowest BCUT2D eigenvalue weighted by molar-refractivity contribution is 0.0691. The van der Waals surface area contributed by atoms with Gasteiger partial charge in [-0.3, -0.25) is 0 Å². The van der Waals surface area contributed by atoms with Crippen molar-refractivity contribution in [3.63, 3.8) is 0 Å². The number of hydrogen-bond donors (Lipinski definition) is 1. The Morgan fingerprint density at radius 1 is 1.47 bits per heavy atom. The van der Waals surface area contributed by atoms with Crippen LogP contribution in [0.1, 0.15) is 10.4 Å². The summed E-state index contributed by atoms with van der Waals surface area (Å²) in [6, 6.07) is 1.78. The molecule has 0 atom stereocenters. The molecule has 1 rings (SSSR count). The average Bonchev–Trinajstić information content (AvgIpc) is 1.99. The molecule has 0 aliphatic carbocycles. The van der Waals surface area contributed by atoms with E-state index >= 15 is 0 Å². The SMILES string of the molecule is O=C(O)c1cc(Br)cc(F)c1S(=O)(=O)Cl. The van der Waals surface area contributed by atoms with Crippen LogP contribution in [0.25, 0.3) is 0 Å². The summed E-state index contributed by atoms with van der Waals surface area (Å²) in [6.07, 6.45) is 0. The Balaban J connectivity index is 3.70. The number of halogens is 3. The summed E-state index contributed by atoms with van der Waals surface area (Å²) in [7, 11) is 0.489. The Bertz CT molecular complexity index is 528. The van der Waals surface area contributed by atoms with Crippen molar-refractivity contribution in [2.45, 2.75) is 4.90 Å². The van der Waals surface area contributed by atoms with Gasteiger partial charge >= 0.3 is 5.97 Å². The minimum absolute atomic E-state index is 0.112. The van der Waals surface area contributed by atoms with E-state index in [1.807, 2.05) is 0 Å². The highest BCUT2D eigenvalue weighted by atomic mass is 79.9. The molecule has 0 saturated carbocycles. The van der Waals surface area contributed by atoms with Crippen LogP contribution in [0.3, 0.4) is 0 Å². The van der Waals surface area contributed by atoms with Gasteiger partial charge in [-0.1, -0.05) is 15.9 Å². The predicted molar refractivity (Wildman–Crippen MR) is 54.1 cm³/mol. The maximum atomic E-state index is 13.2. The smallest absolute Gasteiger partial charge is 0.337 e. The number of carboxylic acid groups (broad SMARTS) is 1. The first-order chi connectivity index (χ1) is 6.73. The Morgan fingerprint density at radius 2 is 2.00 bits per heavy atom. The second-order valence-electron chi connectivity index (χ2n) is 2.51. The first kappa shape index (κ1) is 12.4. The van der Waals surface area contributed by atoms with Crippen molar-refractivity contribution in [3.8, 4) is 0 Å². The molecular formula is C7H3BrClFO4S. The van der Waals surface area contributed by atoms with Gasteiger partial charge in [0.1, 0.15) is 10.7 Å². The first-order valence-corrected chi connectivity index (χ1v) is 6.50. The lowest BCUT2D eigenvalue weighted by Gasteiger charge is -2.04. The van der Waals surface area contributed by atoms with Crippen LogP contribution in [0.2, 0.25) is 0 Å².